The molecule has 3 fully saturated rings. The molecule has 3 aliphatic rings. The molecular formula is C34H45FN4O2. The van der Waals surface area contributed by atoms with Gasteiger partial charge in [-0.1, -0.05) is 19.1 Å². The summed E-state index contributed by atoms with van der Waals surface area (Å²) in [7, 11) is 4.22. The van der Waals surface area contributed by atoms with Crippen LogP contribution in [0.2, 0.25) is 0 Å². The molecule has 5 rings (SSSR count). The molecule has 0 spiro atoms. The normalized spacial score (nSPS) is 23.7. The molecule has 2 aliphatic heterocycles. The summed E-state index contributed by atoms with van der Waals surface area (Å²) in [6.45, 7) is 7.93. The van der Waals surface area contributed by atoms with Gasteiger partial charge >= 0.3 is 5.97 Å². The number of nitrogens with zero attached hydrogens (tertiary/aromatic N) is 4. The maximum atomic E-state index is 14.8. The van der Waals surface area contributed by atoms with Gasteiger partial charge in [-0.25, -0.2) is 4.39 Å². The highest BCUT2D eigenvalue weighted by Crippen LogP contribution is 2.51. The largest absolute Gasteiger partial charge is 0.462 e. The Morgan fingerprint density at radius 1 is 1.10 bits per heavy atom. The lowest BCUT2D eigenvalue weighted by Gasteiger charge is -2.52. The third-order valence-electron chi connectivity index (χ3n) is 9.78. The minimum absolute atomic E-state index is 0.119. The summed E-state index contributed by atoms with van der Waals surface area (Å²) in [6.07, 6.45) is 5.30. The monoisotopic (exact) mass is 560 g/mol. The maximum absolute atomic E-state index is 14.8. The second-order valence-electron chi connectivity index (χ2n) is 12.7. The highest BCUT2D eigenvalue weighted by Gasteiger charge is 2.53. The van der Waals surface area contributed by atoms with Crippen LogP contribution < -0.4 is 4.90 Å². The topological polar surface area (TPSA) is 59.8 Å². The molecule has 2 heterocycles. The minimum atomic E-state index is -0.282. The average Bonchev–Trinajstić information content (AvgIpc) is 3.42. The molecule has 0 aromatic heterocycles. The highest BCUT2D eigenvalue weighted by molar-refractivity contribution is 5.69. The van der Waals surface area contributed by atoms with Crippen molar-refractivity contribution in [3.05, 3.63) is 65.5 Å². The lowest BCUT2D eigenvalue weighted by Crippen LogP contribution is -2.56. The average molecular weight is 561 g/mol. The summed E-state index contributed by atoms with van der Waals surface area (Å²) in [5.41, 5.74) is 2.67. The van der Waals surface area contributed by atoms with Crippen LogP contribution in [0.1, 0.15) is 56.6 Å². The number of benzene rings is 2. The van der Waals surface area contributed by atoms with Gasteiger partial charge in [0.15, 0.2) is 0 Å². The molecule has 2 aromatic rings. The van der Waals surface area contributed by atoms with Crippen LogP contribution >= 0.6 is 0 Å². The van der Waals surface area contributed by atoms with Crippen LogP contribution in [0, 0.1) is 34.9 Å². The summed E-state index contributed by atoms with van der Waals surface area (Å²) in [4.78, 5) is 19.7. The Hall–Kier alpha value is -2.95. The van der Waals surface area contributed by atoms with Gasteiger partial charge in [0.25, 0.3) is 0 Å². The third-order valence-corrected chi connectivity index (χ3v) is 9.78. The smallest absolute Gasteiger partial charge is 0.305 e. The summed E-state index contributed by atoms with van der Waals surface area (Å²) < 4.78 is 20.8. The Kier molecular flexibility index (Phi) is 9.31. The molecule has 0 N–H and O–H groups in total. The molecule has 1 saturated carbocycles. The summed E-state index contributed by atoms with van der Waals surface area (Å²) >= 11 is 0. The van der Waals surface area contributed by atoms with Crippen molar-refractivity contribution in [2.75, 3.05) is 58.3 Å². The number of hydrogen-bond acceptors (Lipinski definition) is 6. The Bertz CT molecular complexity index is 1210. The molecule has 0 amide bonds. The van der Waals surface area contributed by atoms with E-state index in [1.165, 1.54) is 11.8 Å². The van der Waals surface area contributed by atoms with Crippen molar-refractivity contribution in [3.63, 3.8) is 0 Å². The number of hydrogen-bond donors (Lipinski definition) is 0. The lowest BCUT2D eigenvalue weighted by atomic mass is 9.58. The number of esters is 1. The maximum Gasteiger partial charge on any atom is 0.305 e. The van der Waals surface area contributed by atoms with Gasteiger partial charge in [-0.3, -0.25) is 4.79 Å². The number of rotatable bonds is 10. The summed E-state index contributed by atoms with van der Waals surface area (Å²) in [5, 5.41) is 9.06. The molecule has 220 valence electrons. The first kappa shape index (κ1) is 29.5. The van der Waals surface area contributed by atoms with Crippen molar-refractivity contribution in [1.82, 2.24) is 9.80 Å². The van der Waals surface area contributed by atoms with Crippen molar-refractivity contribution >= 4 is 11.7 Å². The Balaban J connectivity index is 1.30. The van der Waals surface area contributed by atoms with Gasteiger partial charge in [0, 0.05) is 55.5 Å². The number of likely N-dealkylation sites (tertiary alicyclic amines) is 1. The van der Waals surface area contributed by atoms with E-state index < -0.39 is 0 Å². The Morgan fingerprint density at radius 3 is 2.46 bits per heavy atom. The van der Waals surface area contributed by atoms with E-state index in [-0.39, 0.29) is 29.2 Å². The molecule has 3 atom stereocenters. The number of nitriles is 1. The van der Waals surface area contributed by atoms with Crippen molar-refractivity contribution in [1.29, 1.82) is 5.26 Å². The first-order chi connectivity index (χ1) is 19.8. The fourth-order valence-corrected chi connectivity index (χ4v) is 7.94. The molecular weight excluding hydrogens is 515 g/mol. The first-order valence-electron chi connectivity index (χ1n) is 15.4. The number of anilines is 1. The molecule has 6 nitrogen and oxygen atoms in total. The second-order valence-corrected chi connectivity index (χ2v) is 12.7. The summed E-state index contributed by atoms with van der Waals surface area (Å²) in [5.74, 6) is 0.867. The van der Waals surface area contributed by atoms with E-state index in [0.717, 1.165) is 76.9 Å². The van der Waals surface area contributed by atoms with Crippen LogP contribution in [-0.4, -0.2) is 75.2 Å². The molecule has 41 heavy (non-hydrogen) atoms. The van der Waals surface area contributed by atoms with Crippen LogP contribution in [0.15, 0.2) is 48.5 Å². The first-order valence-corrected chi connectivity index (χ1v) is 15.4. The molecule has 2 saturated heterocycles. The van der Waals surface area contributed by atoms with E-state index in [1.807, 2.05) is 37.3 Å². The predicted octanol–water partition coefficient (Wildman–Crippen LogP) is 5.47. The predicted molar refractivity (Wildman–Crippen MR) is 160 cm³/mol. The van der Waals surface area contributed by atoms with Gasteiger partial charge < -0.3 is 19.4 Å². The number of ether oxygens (including phenoxy) is 1. The fourth-order valence-electron chi connectivity index (χ4n) is 7.94. The quantitative estimate of drug-likeness (QED) is 0.360. The fraction of sp³-hybridized carbons (Fsp3) is 0.588. The van der Waals surface area contributed by atoms with E-state index in [0.29, 0.717) is 23.8 Å². The van der Waals surface area contributed by atoms with Crippen LogP contribution in [0.4, 0.5) is 10.1 Å². The van der Waals surface area contributed by atoms with Crippen molar-refractivity contribution < 1.29 is 13.9 Å². The lowest BCUT2D eigenvalue weighted by molar-refractivity contribution is -0.152. The van der Waals surface area contributed by atoms with Crippen molar-refractivity contribution in [2.24, 2.45) is 17.8 Å². The van der Waals surface area contributed by atoms with E-state index in [9.17, 15) is 9.18 Å². The van der Waals surface area contributed by atoms with Crippen molar-refractivity contribution in [2.45, 2.75) is 57.0 Å². The number of likely N-dealkylation sites (N-methyl/N-ethyl adjacent to an activating group) is 1. The van der Waals surface area contributed by atoms with Gasteiger partial charge in [0.05, 0.1) is 11.6 Å². The van der Waals surface area contributed by atoms with Gasteiger partial charge in [0.2, 0.25) is 0 Å². The van der Waals surface area contributed by atoms with E-state index in [1.54, 1.807) is 6.07 Å². The molecule has 2 aromatic carbocycles. The van der Waals surface area contributed by atoms with Gasteiger partial charge in [-0.2, -0.15) is 5.26 Å². The molecule has 0 unspecified atom stereocenters. The van der Waals surface area contributed by atoms with Gasteiger partial charge in [-0.15, -0.1) is 0 Å². The molecule has 7 heteroatoms. The van der Waals surface area contributed by atoms with E-state index in [2.05, 4.69) is 40.9 Å². The Labute approximate surface area is 245 Å². The zero-order valence-electron chi connectivity index (χ0n) is 24.9. The molecule has 0 radical (unpaired) electrons. The highest BCUT2D eigenvalue weighted by atomic mass is 19.1. The Morgan fingerprint density at radius 2 is 1.83 bits per heavy atom. The van der Waals surface area contributed by atoms with Gasteiger partial charge in [-0.05, 0) is 107 Å². The van der Waals surface area contributed by atoms with Crippen LogP contribution in [0.3, 0.4) is 0 Å². The number of halogens is 1. The standard InChI is InChI=1S/C34H45FN4O2/c1-4-33(40)41-32-10-6-9-31(32)34(24-37(2)3,28-7-5-8-29(35)19-28)27-15-17-38(18-16-27)21-26-22-39(23-26)30-13-11-25(20-36)12-14-30/h5,7-8,11-14,19,26-27,31-32H,4,6,9-10,15-18,21-24H2,1-3H3/t31-,32-,34-/m0/s1. The SMILES string of the molecule is CCC(=O)O[C@H]1CCC[C@@H]1[C@](CN(C)C)(c1cccc(F)c1)C1CCN(CC2CN(c3ccc(C#N)cc3)C2)CC1. The summed E-state index contributed by atoms with van der Waals surface area (Å²) in [6, 6.07) is 17.3. The third kappa shape index (κ3) is 6.44. The van der Waals surface area contributed by atoms with E-state index >= 15 is 0 Å². The number of carbonyl (C=O) groups excluding carboxylic acids is 1. The second kappa shape index (κ2) is 12.9. The van der Waals surface area contributed by atoms with Crippen molar-refractivity contribution in [3.8, 4) is 6.07 Å². The van der Waals surface area contributed by atoms with E-state index in [4.69, 9.17) is 10.00 Å². The number of carbonyl (C=O) groups is 1. The number of piperidine rings is 1. The van der Waals surface area contributed by atoms with Crippen LogP contribution in [0.5, 0.6) is 0 Å². The van der Waals surface area contributed by atoms with Gasteiger partial charge in [0.1, 0.15) is 11.9 Å². The molecule has 0 bridgehead atoms. The van der Waals surface area contributed by atoms with Crippen LogP contribution in [0.25, 0.3) is 0 Å². The zero-order chi connectivity index (χ0) is 29.0. The zero-order valence-corrected chi connectivity index (χ0v) is 24.9. The molecule has 1 aliphatic carbocycles. The van der Waals surface area contributed by atoms with Crippen LogP contribution in [-0.2, 0) is 14.9 Å². The minimum Gasteiger partial charge on any atom is -0.462 e.